The highest BCUT2D eigenvalue weighted by Gasteiger charge is 2.37. The van der Waals surface area contributed by atoms with Crippen LogP contribution in [0.3, 0.4) is 0 Å². The predicted octanol–water partition coefficient (Wildman–Crippen LogP) is 2.46. The SMILES string of the molecule is CC1CCNCC1(F)F.Cc1ccccc1NC1CCC(=O)NC1=O. The first-order valence-electron chi connectivity index (χ1n) is 8.54. The fourth-order valence-corrected chi connectivity index (χ4v) is 2.71. The molecule has 138 valence electrons. The molecule has 2 unspecified atom stereocenters. The molecule has 2 aliphatic heterocycles. The maximum atomic E-state index is 12.5. The molecule has 2 aliphatic rings. The first kappa shape index (κ1) is 19.3. The van der Waals surface area contributed by atoms with Crippen LogP contribution in [0.1, 0.15) is 31.7 Å². The van der Waals surface area contributed by atoms with Crippen LogP contribution in [0.2, 0.25) is 0 Å². The van der Waals surface area contributed by atoms with E-state index in [0.29, 0.717) is 19.3 Å². The van der Waals surface area contributed by atoms with E-state index in [0.717, 1.165) is 17.8 Å². The Hall–Kier alpha value is -2.02. The van der Waals surface area contributed by atoms with Gasteiger partial charge in [0, 0.05) is 18.0 Å². The summed E-state index contributed by atoms with van der Waals surface area (Å²) < 4.78 is 25.1. The number of carbonyl (C=O) groups is 2. The summed E-state index contributed by atoms with van der Waals surface area (Å²) in [6.45, 7) is 4.17. The molecule has 2 fully saturated rings. The van der Waals surface area contributed by atoms with E-state index < -0.39 is 11.8 Å². The van der Waals surface area contributed by atoms with Gasteiger partial charge in [-0.25, -0.2) is 8.78 Å². The minimum atomic E-state index is -2.47. The molecule has 2 atom stereocenters. The van der Waals surface area contributed by atoms with Crippen molar-refractivity contribution in [1.82, 2.24) is 10.6 Å². The molecule has 1 aromatic carbocycles. The van der Waals surface area contributed by atoms with Crippen LogP contribution in [0.5, 0.6) is 0 Å². The van der Waals surface area contributed by atoms with Crippen molar-refractivity contribution in [2.45, 2.75) is 45.1 Å². The minimum absolute atomic E-state index is 0.145. The normalized spacial score (nSPS) is 25.4. The van der Waals surface area contributed by atoms with Gasteiger partial charge in [-0.1, -0.05) is 25.1 Å². The van der Waals surface area contributed by atoms with E-state index in [-0.39, 0.29) is 24.4 Å². The van der Waals surface area contributed by atoms with Crippen LogP contribution in [-0.4, -0.2) is 36.9 Å². The monoisotopic (exact) mass is 353 g/mol. The molecule has 3 rings (SSSR count). The average molecular weight is 353 g/mol. The number of hydrogen-bond donors (Lipinski definition) is 3. The van der Waals surface area contributed by atoms with E-state index in [2.05, 4.69) is 16.0 Å². The van der Waals surface area contributed by atoms with Crippen LogP contribution in [0.4, 0.5) is 14.5 Å². The molecule has 5 nitrogen and oxygen atoms in total. The largest absolute Gasteiger partial charge is 0.373 e. The number of benzene rings is 1. The molecule has 0 aromatic heterocycles. The highest BCUT2D eigenvalue weighted by molar-refractivity contribution is 6.01. The highest BCUT2D eigenvalue weighted by Crippen LogP contribution is 2.28. The van der Waals surface area contributed by atoms with Crippen LogP contribution < -0.4 is 16.0 Å². The number of alkyl halides is 2. The Bertz CT molecular complexity index is 622. The second-order valence-electron chi connectivity index (χ2n) is 6.59. The van der Waals surface area contributed by atoms with Crippen LogP contribution in [0.15, 0.2) is 24.3 Å². The number of carbonyl (C=O) groups excluding carboxylic acids is 2. The molecule has 7 heteroatoms. The highest BCUT2D eigenvalue weighted by atomic mass is 19.3. The van der Waals surface area contributed by atoms with Gasteiger partial charge in [0.05, 0.1) is 6.54 Å². The molecule has 0 bridgehead atoms. The van der Waals surface area contributed by atoms with Gasteiger partial charge in [-0.05, 0) is 37.9 Å². The molecule has 0 saturated carbocycles. The maximum absolute atomic E-state index is 12.5. The number of para-hydroxylation sites is 1. The molecule has 2 saturated heterocycles. The molecule has 1 aromatic rings. The molecule has 0 radical (unpaired) electrons. The minimum Gasteiger partial charge on any atom is -0.373 e. The van der Waals surface area contributed by atoms with E-state index in [9.17, 15) is 18.4 Å². The first-order chi connectivity index (χ1) is 11.8. The zero-order valence-corrected chi connectivity index (χ0v) is 14.6. The number of rotatable bonds is 2. The van der Waals surface area contributed by atoms with Crippen LogP contribution >= 0.6 is 0 Å². The number of aryl methyl sites for hydroxylation is 1. The zero-order valence-electron chi connectivity index (χ0n) is 14.6. The lowest BCUT2D eigenvalue weighted by molar-refractivity contribution is -0.133. The zero-order chi connectivity index (χ0) is 18.4. The van der Waals surface area contributed by atoms with Crippen molar-refractivity contribution in [2.75, 3.05) is 18.4 Å². The summed E-state index contributed by atoms with van der Waals surface area (Å²) in [5.74, 6) is -3.34. The predicted molar refractivity (Wildman–Crippen MR) is 92.6 cm³/mol. The summed E-state index contributed by atoms with van der Waals surface area (Å²) in [4.78, 5) is 22.5. The summed E-state index contributed by atoms with van der Waals surface area (Å²) in [6.07, 6.45) is 1.54. The standard InChI is InChI=1S/C12H14N2O2.C6H11F2N/c1-8-4-2-3-5-9(8)13-10-6-7-11(15)14-12(10)16;1-5-2-3-9-4-6(5,7)8/h2-5,10,13H,6-7H2,1H3,(H,14,15,16);5,9H,2-4H2,1H3. The smallest absolute Gasteiger partial charge is 0.262 e. The molecular formula is C18H25F2N3O2. The van der Waals surface area contributed by atoms with Crippen LogP contribution in [-0.2, 0) is 9.59 Å². The molecule has 2 heterocycles. The number of hydrogen-bond acceptors (Lipinski definition) is 4. The van der Waals surface area contributed by atoms with Crippen molar-refractivity contribution in [3.8, 4) is 0 Å². The van der Waals surface area contributed by atoms with Crippen molar-refractivity contribution in [3.63, 3.8) is 0 Å². The lowest BCUT2D eigenvalue weighted by Crippen LogP contribution is -2.47. The molecule has 0 spiro atoms. The van der Waals surface area contributed by atoms with Crippen LogP contribution in [0, 0.1) is 12.8 Å². The van der Waals surface area contributed by atoms with Gasteiger partial charge >= 0.3 is 0 Å². The fraction of sp³-hybridized carbons (Fsp3) is 0.556. The molecule has 25 heavy (non-hydrogen) atoms. The summed E-state index contributed by atoms with van der Waals surface area (Å²) >= 11 is 0. The van der Waals surface area contributed by atoms with Crippen molar-refractivity contribution in [1.29, 1.82) is 0 Å². The fourth-order valence-electron chi connectivity index (χ4n) is 2.71. The van der Waals surface area contributed by atoms with E-state index in [1.54, 1.807) is 6.92 Å². The third kappa shape index (κ3) is 5.49. The summed E-state index contributed by atoms with van der Waals surface area (Å²) in [5.41, 5.74) is 2.03. The van der Waals surface area contributed by atoms with Gasteiger partial charge in [0.25, 0.3) is 5.92 Å². The summed E-state index contributed by atoms with van der Waals surface area (Å²) in [6, 6.07) is 7.47. The van der Waals surface area contributed by atoms with E-state index in [4.69, 9.17) is 0 Å². The number of halogens is 2. The molecular weight excluding hydrogens is 328 g/mol. The second-order valence-corrected chi connectivity index (χ2v) is 6.59. The number of amides is 2. The van der Waals surface area contributed by atoms with Gasteiger partial charge in [0.2, 0.25) is 11.8 Å². The van der Waals surface area contributed by atoms with Crippen molar-refractivity contribution < 1.29 is 18.4 Å². The maximum Gasteiger partial charge on any atom is 0.262 e. The number of imide groups is 1. The lowest BCUT2D eigenvalue weighted by Gasteiger charge is -2.28. The van der Waals surface area contributed by atoms with Crippen molar-refractivity contribution in [3.05, 3.63) is 29.8 Å². The number of piperidine rings is 2. The third-order valence-corrected chi connectivity index (χ3v) is 4.55. The van der Waals surface area contributed by atoms with E-state index in [1.165, 1.54) is 0 Å². The Labute approximate surface area is 146 Å². The quantitative estimate of drug-likeness (QED) is 0.715. The summed E-state index contributed by atoms with van der Waals surface area (Å²) in [7, 11) is 0. The first-order valence-corrected chi connectivity index (χ1v) is 8.54. The van der Waals surface area contributed by atoms with Gasteiger partial charge < -0.3 is 10.6 Å². The molecule has 2 amide bonds. The number of anilines is 1. The third-order valence-electron chi connectivity index (χ3n) is 4.55. The average Bonchev–Trinajstić information content (AvgIpc) is 2.55. The second kappa shape index (κ2) is 8.38. The van der Waals surface area contributed by atoms with Gasteiger partial charge in [0.15, 0.2) is 0 Å². The topological polar surface area (TPSA) is 70.2 Å². The Kier molecular flexibility index (Phi) is 6.47. The molecule has 0 aliphatic carbocycles. The van der Waals surface area contributed by atoms with Crippen molar-refractivity contribution >= 4 is 17.5 Å². The van der Waals surface area contributed by atoms with E-state index >= 15 is 0 Å². The number of nitrogens with one attached hydrogen (secondary N) is 3. The van der Waals surface area contributed by atoms with Gasteiger partial charge in [-0.15, -0.1) is 0 Å². The van der Waals surface area contributed by atoms with Crippen molar-refractivity contribution in [2.24, 2.45) is 5.92 Å². The Morgan fingerprint density at radius 1 is 1.20 bits per heavy atom. The van der Waals surface area contributed by atoms with Gasteiger partial charge in [-0.3, -0.25) is 14.9 Å². The Morgan fingerprint density at radius 3 is 2.48 bits per heavy atom. The van der Waals surface area contributed by atoms with Gasteiger partial charge in [-0.2, -0.15) is 0 Å². The van der Waals surface area contributed by atoms with Crippen LogP contribution in [0.25, 0.3) is 0 Å². The lowest BCUT2D eigenvalue weighted by atomic mass is 9.97. The summed E-state index contributed by atoms with van der Waals surface area (Å²) in [5, 5.41) is 8.14. The molecule has 3 N–H and O–H groups in total. The van der Waals surface area contributed by atoms with E-state index in [1.807, 2.05) is 31.2 Å². The Balaban J connectivity index is 0.000000212. The Morgan fingerprint density at radius 2 is 1.92 bits per heavy atom. The van der Waals surface area contributed by atoms with Gasteiger partial charge in [0.1, 0.15) is 6.04 Å².